The van der Waals surface area contributed by atoms with E-state index in [2.05, 4.69) is 0 Å². The minimum atomic E-state index is -0.428. The summed E-state index contributed by atoms with van der Waals surface area (Å²) >= 11 is 0. The molecule has 2 saturated carbocycles. The second-order valence-corrected chi connectivity index (χ2v) is 6.66. The predicted octanol–water partition coefficient (Wildman–Crippen LogP) is 4.30. The number of benzene rings is 1. The molecule has 104 valence electrons. The fraction of sp³-hybridized carbons (Fsp3) is 0.647. The van der Waals surface area contributed by atoms with Crippen LogP contribution in [0.2, 0.25) is 0 Å². The van der Waals surface area contributed by atoms with E-state index in [-0.39, 0.29) is 5.82 Å². The molecule has 0 spiro atoms. The van der Waals surface area contributed by atoms with Gasteiger partial charge in [-0.2, -0.15) is 0 Å². The molecule has 0 amide bonds. The molecule has 0 radical (unpaired) electrons. The molecule has 4 unspecified atom stereocenters. The molecule has 1 aromatic carbocycles. The third-order valence-electron chi connectivity index (χ3n) is 5.25. The van der Waals surface area contributed by atoms with Gasteiger partial charge in [0.15, 0.2) is 0 Å². The molecule has 1 nitrogen and oxygen atoms in total. The number of halogens is 1. The van der Waals surface area contributed by atoms with Crippen LogP contribution in [0.25, 0.3) is 0 Å². The minimum Gasteiger partial charge on any atom is -0.388 e. The molecule has 1 aromatic rings. The lowest BCUT2D eigenvalue weighted by atomic mass is 9.83. The average Bonchev–Trinajstić information content (AvgIpc) is 2.97. The largest absolute Gasteiger partial charge is 0.388 e. The van der Waals surface area contributed by atoms with Crippen LogP contribution in [0.5, 0.6) is 0 Å². The molecule has 0 saturated heterocycles. The highest BCUT2D eigenvalue weighted by molar-refractivity contribution is 5.31. The van der Waals surface area contributed by atoms with E-state index in [0.29, 0.717) is 17.0 Å². The van der Waals surface area contributed by atoms with Gasteiger partial charge >= 0.3 is 0 Å². The summed E-state index contributed by atoms with van der Waals surface area (Å²) in [6.07, 6.45) is 5.84. The van der Waals surface area contributed by atoms with Crippen LogP contribution >= 0.6 is 0 Å². The number of hydrogen-bond acceptors (Lipinski definition) is 1. The summed E-state index contributed by atoms with van der Waals surface area (Å²) in [5.74, 6) is 2.29. The van der Waals surface area contributed by atoms with Crippen molar-refractivity contribution in [1.82, 2.24) is 0 Å². The number of hydrogen-bond donors (Lipinski definition) is 1. The van der Waals surface area contributed by atoms with Crippen molar-refractivity contribution < 1.29 is 9.50 Å². The molecule has 0 aliphatic heterocycles. The highest BCUT2D eigenvalue weighted by atomic mass is 19.1. The maximum atomic E-state index is 13.6. The first-order valence-electron chi connectivity index (χ1n) is 7.49. The molecule has 1 N–H and O–H groups in total. The Morgan fingerprint density at radius 1 is 1.21 bits per heavy atom. The van der Waals surface area contributed by atoms with Crippen LogP contribution in [0.1, 0.15) is 54.9 Å². The zero-order chi connectivity index (χ0) is 13.6. The highest BCUT2D eigenvalue weighted by Gasteiger charge is 2.40. The van der Waals surface area contributed by atoms with Crippen molar-refractivity contribution in [3.05, 3.63) is 34.6 Å². The third kappa shape index (κ3) is 2.43. The SMILES string of the molecule is Cc1cc(C(O)CC2CC3CCC2C3)cc(C)c1F. The molecule has 19 heavy (non-hydrogen) atoms. The van der Waals surface area contributed by atoms with E-state index in [4.69, 9.17) is 0 Å². The van der Waals surface area contributed by atoms with Crippen molar-refractivity contribution in [3.8, 4) is 0 Å². The lowest BCUT2D eigenvalue weighted by Gasteiger charge is -2.24. The molecule has 0 aromatic heterocycles. The van der Waals surface area contributed by atoms with Crippen molar-refractivity contribution in [3.63, 3.8) is 0 Å². The Hall–Kier alpha value is -0.890. The molecular formula is C17H23FO. The van der Waals surface area contributed by atoms with E-state index >= 15 is 0 Å². The van der Waals surface area contributed by atoms with Gasteiger partial charge in [-0.15, -0.1) is 0 Å². The van der Waals surface area contributed by atoms with Crippen molar-refractivity contribution in [2.24, 2.45) is 17.8 Å². The Balaban J connectivity index is 1.72. The van der Waals surface area contributed by atoms with E-state index in [0.717, 1.165) is 23.8 Å². The van der Waals surface area contributed by atoms with Crippen LogP contribution in [0.3, 0.4) is 0 Å². The summed E-state index contributed by atoms with van der Waals surface area (Å²) < 4.78 is 13.6. The molecule has 2 aliphatic carbocycles. The van der Waals surface area contributed by atoms with Crippen LogP contribution < -0.4 is 0 Å². The molecule has 2 aliphatic rings. The molecular weight excluding hydrogens is 239 g/mol. The van der Waals surface area contributed by atoms with Crippen LogP contribution in [-0.2, 0) is 0 Å². The highest BCUT2D eigenvalue weighted by Crippen LogP contribution is 2.50. The molecule has 2 bridgehead atoms. The standard InChI is InChI=1S/C17H23FO/c1-10-5-15(6-11(2)17(10)18)16(19)9-14-8-12-3-4-13(14)7-12/h5-6,12-14,16,19H,3-4,7-9H2,1-2H3. The monoisotopic (exact) mass is 262 g/mol. The number of aliphatic hydroxyl groups excluding tert-OH is 1. The normalized spacial score (nSPS) is 30.8. The topological polar surface area (TPSA) is 20.2 Å². The lowest BCUT2D eigenvalue weighted by Crippen LogP contribution is -2.14. The number of aryl methyl sites for hydroxylation is 2. The van der Waals surface area contributed by atoms with Gasteiger partial charge in [0.2, 0.25) is 0 Å². The Labute approximate surface area is 114 Å². The van der Waals surface area contributed by atoms with Gasteiger partial charge in [-0.3, -0.25) is 0 Å². The molecule has 3 rings (SSSR count). The first-order chi connectivity index (χ1) is 9.04. The summed E-state index contributed by atoms with van der Waals surface area (Å²) in [5.41, 5.74) is 2.17. The first kappa shape index (κ1) is 13.1. The van der Waals surface area contributed by atoms with Gasteiger partial charge in [0.25, 0.3) is 0 Å². The van der Waals surface area contributed by atoms with Crippen molar-refractivity contribution in [2.45, 2.75) is 52.1 Å². The van der Waals surface area contributed by atoms with Gasteiger partial charge in [-0.25, -0.2) is 4.39 Å². The van der Waals surface area contributed by atoms with Crippen LogP contribution in [-0.4, -0.2) is 5.11 Å². The first-order valence-corrected chi connectivity index (χ1v) is 7.49. The Morgan fingerprint density at radius 3 is 2.42 bits per heavy atom. The van der Waals surface area contributed by atoms with Crippen molar-refractivity contribution >= 4 is 0 Å². The third-order valence-corrected chi connectivity index (χ3v) is 5.25. The van der Waals surface area contributed by atoms with E-state index in [1.165, 1.54) is 25.7 Å². The fourth-order valence-electron chi connectivity index (χ4n) is 4.26. The maximum absolute atomic E-state index is 13.6. The maximum Gasteiger partial charge on any atom is 0.129 e. The van der Waals surface area contributed by atoms with Gasteiger partial charge < -0.3 is 5.11 Å². The molecule has 2 fully saturated rings. The van der Waals surface area contributed by atoms with E-state index in [1.807, 2.05) is 0 Å². The number of rotatable bonds is 3. The average molecular weight is 262 g/mol. The zero-order valence-corrected chi connectivity index (χ0v) is 11.8. The minimum absolute atomic E-state index is 0.143. The predicted molar refractivity (Wildman–Crippen MR) is 74.4 cm³/mol. The summed E-state index contributed by atoms with van der Waals surface area (Å²) in [6.45, 7) is 3.55. The van der Waals surface area contributed by atoms with Gasteiger partial charge in [0.05, 0.1) is 6.10 Å². The van der Waals surface area contributed by atoms with E-state index in [1.54, 1.807) is 26.0 Å². The number of fused-ring (bicyclic) bond motifs is 2. The van der Waals surface area contributed by atoms with Crippen LogP contribution in [0, 0.1) is 37.4 Å². The van der Waals surface area contributed by atoms with Crippen molar-refractivity contribution in [1.29, 1.82) is 0 Å². The van der Waals surface area contributed by atoms with Crippen molar-refractivity contribution in [2.75, 3.05) is 0 Å². The quantitative estimate of drug-likeness (QED) is 0.861. The Bertz CT molecular complexity index is 459. The second kappa shape index (κ2) is 4.90. The number of aliphatic hydroxyl groups is 1. The lowest BCUT2D eigenvalue weighted by molar-refractivity contribution is 0.125. The molecule has 0 heterocycles. The summed E-state index contributed by atoms with van der Waals surface area (Å²) in [7, 11) is 0. The van der Waals surface area contributed by atoms with Crippen LogP contribution in [0.4, 0.5) is 4.39 Å². The van der Waals surface area contributed by atoms with Gasteiger partial charge in [-0.05, 0) is 74.0 Å². The van der Waals surface area contributed by atoms with Gasteiger partial charge in [0, 0.05) is 0 Å². The summed E-state index contributed by atoms with van der Waals surface area (Å²) in [5, 5.41) is 10.4. The molecule has 2 heteroatoms. The Morgan fingerprint density at radius 2 is 1.89 bits per heavy atom. The summed E-state index contributed by atoms with van der Waals surface area (Å²) in [4.78, 5) is 0. The van der Waals surface area contributed by atoms with E-state index in [9.17, 15) is 9.50 Å². The fourth-order valence-corrected chi connectivity index (χ4v) is 4.26. The molecule has 4 atom stereocenters. The van der Waals surface area contributed by atoms with Gasteiger partial charge in [0.1, 0.15) is 5.82 Å². The zero-order valence-electron chi connectivity index (χ0n) is 11.8. The second-order valence-electron chi connectivity index (χ2n) is 6.66. The van der Waals surface area contributed by atoms with E-state index < -0.39 is 6.10 Å². The van der Waals surface area contributed by atoms with Crippen LogP contribution in [0.15, 0.2) is 12.1 Å². The summed E-state index contributed by atoms with van der Waals surface area (Å²) in [6, 6.07) is 3.61. The Kier molecular flexibility index (Phi) is 3.38. The van der Waals surface area contributed by atoms with Gasteiger partial charge in [-0.1, -0.05) is 18.6 Å². The smallest absolute Gasteiger partial charge is 0.129 e.